The minimum absolute atomic E-state index is 0.0410. The maximum atomic E-state index is 9.49. The van der Waals surface area contributed by atoms with Crippen LogP contribution >= 0.6 is 0 Å². The normalized spacial score (nSPS) is 11.5. The molecule has 0 heterocycles. The molecule has 0 atom stereocenters. The fourth-order valence-corrected chi connectivity index (χ4v) is 3.24. The van der Waals surface area contributed by atoms with E-state index in [1.807, 2.05) is 6.07 Å². The second-order valence-corrected chi connectivity index (χ2v) is 5.52. The molecule has 4 aromatic carbocycles. The van der Waals surface area contributed by atoms with Crippen molar-refractivity contribution in [2.24, 2.45) is 0 Å². The topological polar surface area (TPSA) is 29.5 Å². The van der Waals surface area contributed by atoms with Crippen LogP contribution in [0.3, 0.4) is 0 Å². The molecule has 4 aromatic rings. The Labute approximate surface area is 128 Å². The Hall–Kier alpha value is -2.58. The van der Waals surface area contributed by atoms with E-state index in [1.54, 1.807) is 6.08 Å². The number of hydrogen-bond acceptors (Lipinski definition) is 2. The summed E-state index contributed by atoms with van der Waals surface area (Å²) in [5, 5.41) is 16.5. The van der Waals surface area contributed by atoms with Gasteiger partial charge < -0.3 is 9.84 Å². The molecule has 0 bridgehead atoms. The van der Waals surface area contributed by atoms with Gasteiger partial charge in [0.05, 0.1) is 6.61 Å². The van der Waals surface area contributed by atoms with Crippen molar-refractivity contribution in [1.82, 2.24) is 0 Å². The molecule has 0 saturated heterocycles. The summed E-state index contributed by atoms with van der Waals surface area (Å²) in [6, 6.07) is 16.7. The van der Waals surface area contributed by atoms with Crippen LogP contribution in [0.15, 0.2) is 61.2 Å². The number of benzene rings is 4. The van der Waals surface area contributed by atoms with Crippen molar-refractivity contribution in [3.8, 4) is 5.75 Å². The zero-order valence-corrected chi connectivity index (χ0v) is 12.2. The summed E-state index contributed by atoms with van der Waals surface area (Å²) in [6.07, 6.45) is 1.75. The second kappa shape index (κ2) is 5.00. The molecule has 0 fully saturated rings. The van der Waals surface area contributed by atoms with E-state index < -0.39 is 0 Å². The Morgan fingerprint density at radius 1 is 0.955 bits per heavy atom. The van der Waals surface area contributed by atoms with Crippen LogP contribution in [-0.2, 0) is 6.61 Å². The summed E-state index contributed by atoms with van der Waals surface area (Å²) >= 11 is 0. The summed E-state index contributed by atoms with van der Waals surface area (Å²) in [4.78, 5) is 0. The Bertz CT molecular complexity index is 985. The predicted octanol–water partition coefficient (Wildman–Crippen LogP) is 4.64. The van der Waals surface area contributed by atoms with Crippen molar-refractivity contribution in [3.63, 3.8) is 0 Å². The van der Waals surface area contributed by atoms with Crippen molar-refractivity contribution in [3.05, 3.63) is 66.7 Å². The van der Waals surface area contributed by atoms with Gasteiger partial charge in [-0.15, -0.1) is 0 Å². The van der Waals surface area contributed by atoms with Crippen LogP contribution in [0.5, 0.6) is 5.75 Å². The van der Waals surface area contributed by atoms with Crippen LogP contribution in [0.4, 0.5) is 0 Å². The average Bonchev–Trinajstić information content (AvgIpc) is 2.57. The molecule has 1 N–H and O–H groups in total. The zero-order chi connectivity index (χ0) is 15.1. The number of aliphatic hydroxyl groups is 1. The lowest BCUT2D eigenvalue weighted by molar-refractivity contribution is 0.282. The number of rotatable bonds is 4. The first-order valence-corrected chi connectivity index (χ1v) is 7.37. The van der Waals surface area contributed by atoms with Gasteiger partial charge in [0, 0.05) is 10.8 Å². The lowest BCUT2D eigenvalue weighted by Crippen LogP contribution is -1.95. The van der Waals surface area contributed by atoms with Gasteiger partial charge in [-0.1, -0.05) is 43.0 Å². The van der Waals surface area contributed by atoms with Crippen molar-refractivity contribution in [2.75, 3.05) is 6.61 Å². The van der Waals surface area contributed by atoms with Crippen molar-refractivity contribution in [2.45, 2.75) is 6.61 Å². The predicted molar refractivity (Wildman–Crippen MR) is 91.8 cm³/mol. The van der Waals surface area contributed by atoms with E-state index in [2.05, 4.69) is 49.0 Å². The van der Waals surface area contributed by atoms with Crippen LogP contribution in [0, 0.1) is 0 Å². The molecule has 0 aliphatic carbocycles. The number of aliphatic hydroxyl groups excluding tert-OH is 1. The molecule has 108 valence electrons. The van der Waals surface area contributed by atoms with Gasteiger partial charge in [0.25, 0.3) is 0 Å². The minimum Gasteiger partial charge on any atom is -0.489 e. The first-order valence-electron chi connectivity index (χ1n) is 7.37. The number of ether oxygens (including phenoxy) is 1. The standard InChI is InChI=1S/C20H16O2/c1-2-8-22-18-11-16-10-13(12-21)9-15-7-6-14-4-3-5-17(18)20(14)19(15)16/h2-7,9-11,21H,1,8,12H2. The molecule has 0 aromatic heterocycles. The molecule has 22 heavy (non-hydrogen) atoms. The van der Waals surface area contributed by atoms with Gasteiger partial charge in [0.15, 0.2) is 0 Å². The fourth-order valence-electron chi connectivity index (χ4n) is 3.24. The van der Waals surface area contributed by atoms with Crippen LogP contribution < -0.4 is 4.74 Å². The molecule has 2 heteroatoms. The molecule has 0 aliphatic heterocycles. The molecule has 2 nitrogen and oxygen atoms in total. The lowest BCUT2D eigenvalue weighted by Gasteiger charge is -2.15. The molecular weight excluding hydrogens is 272 g/mol. The van der Waals surface area contributed by atoms with Crippen LogP contribution in [0.2, 0.25) is 0 Å². The van der Waals surface area contributed by atoms with Crippen LogP contribution in [0.1, 0.15) is 5.56 Å². The highest BCUT2D eigenvalue weighted by molar-refractivity contribution is 6.24. The molecule has 0 saturated carbocycles. The molecule has 0 spiro atoms. The van der Waals surface area contributed by atoms with Gasteiger partial charge in [-0.2, -0.15) is 0 Å². The zero-order valence-electron chi connectivity index (χ0n) is 12.2. The minimum atomic E-state index is 0.0410. The third kappa shape index (κ3) is 1.85. The molecule has 0 aliphatic rings. The fraction of sp³-hybridized carbons (Fsp3) is 0.100. The maximum Gasteiger partial charge on any atom is 0.128 e. The highest BCUT2D eigenvalue weighted by Crippen LogP contribution is 2.40. The van der Waals surface area contributed by atoms with Gasteiger partial charge in [-0.25, -0.2) is 0 Å². The van der Waals surface area contributed by atoms with Crippen molar-refractivity contribution in [1.29, 1.82) is 0 Å². The quantitative estimate of drug-likeness (QED) is 0.438. The van der Waals surface area contributed by atoms with E-state index in [4.69, 9.17) is 4.74 Å². The van der Waals surface area contributed by atoms with Crippen LogP contribution in [0.25, 0.3) is 32.3 Å². The Balaban J connectivity index is 2.18. The summed E-state index contributed by atoms with van der Waals surface area (Å²) in [5.74, 6) is 0.862. The van der Waals surface area contributed by atoms with E-state index in [9.17, 15) is 5.11 Å². The summed E-state index contributed by atoms with van der Waals surface area (Å²) in [6.45, 7) is 4.24. The third-order valence-corrected chi connectivity index (χ3v) is 4.14. The van der Waals surface area contributed by atoms with E-state index in [0.717, 1.165) is 27.5 Å². The Kier molecular flexibility index (Phi) is 2.98. The molecular formula is C20H16O2. The lowest BCUT2D eigenvalue weighted by atomic mass is 9.92. The Morgan fingerprint density at radius 2 is 1.77 bits per heavy atom. The van der Waals surface area contributed by atoms with Gasteiger partial charge >= 0.3 is 0 Å². The van der Waals surface area contributed by atoms with Gasteiger partial charge in [-0.3, -0.25) is 0 Å². The average molecular weight is 288 g/mol. The van der Waals surface area contributed by atoms with Crippen molar-refractivity contribution >= 4 is 32.3 Å². The maximum absolute atomic E-state index is 9.49. The largest absolute Gasteiger partial charge is 0.489 e. The first-order chi connectivity index (χ1) is 10.8. The highest BCUT2D eigenvalue weighted by atomic mass is 16.5. The Morgan fingerprint density at radius 3 is 2.59 bits per heavy atom. The van der Waals surface area contributed by atoms with E-state index in [1.165, 1.54) is 16.2 Å². The third-order valence-electron chi connectivity index (χ3n) is 4.14. The number of hydrogen-bond donors (Lipinski definition) is 1. The highest BCUT2D eigenvalue weighted by Gasteiger charge is 2.13. The summed E-state index contributed by atoms with van der Waals surface area (Å²) in [5.41, 5.74) is 0.917. The molecule has 0 unspecified atom stereocenters. The van der Waals surface area contributed by atoms with Gasteiger partial charge in [0.1, 0.15) is 12.4 Å². The molecule has 4 rings (SSSR count). The van der Waals surface area contributed by atoms with Crippen LogP contribution in [-0.4, -0.2) is 11.7 Å². The SMILES string of the molecule is C=CCOc1cc2cc(CO)cc3ccc4cccc1c4c32. The van der Waals surface area contributed by atoms with E-state index in [-0.39, 0.29) is 6.61 Å². The van der Waals surface area contributed by atoms with E-state index >= 15 is 0 Å². The van der Waals surface area contributed by atoms with Gasteiger partial charge in [0.2, 0.25) is 0 Å². The van der Waals surface area contributed by atoms with E-state index in [0.29, 0.717) is 6.61 Å². The smallest absolute Gasteiger partial charge is 0.128 e. The monoisotopic (exact) mass is 288 g/mol. The van der Waals surface area contributed by atoms with Crippen molar-refractivity contribution < 1.29 is 9.84 Å². The summed E-state index contributed by atoms with van der Waals surface area (Å²) < 4.78 is 5.86. The van der Waals surface area contributed by atoms with Gasteiger partial charge in [-0.05, 0) is 45.3 Å². The second-order valence-electron chi connectivity index (χ2n) is 5.52. The summed E-state index contributed by atoms with van der Waals surface area (Å²) in [7, 11) is 0. The molecule has 0 amide bonds. The molecule has 0 radical (unpaired) electrons. The first kappa shape index (κ1) is 13.1.